The van der Waals surface area contributed by atoms with E-state index >= 15 is 0 Å². The first-order valence-electron chi connectivity index (χ1n) is 5.40. The van der Waals surface area contributed by atoms with Gasteiger partial charge >= 0.3 is 0 Å². The lowest BCUT2D eigenvalue weighted by molar-refractivity contribution is 0.231. The average molecular weight is 228 g/mol. The van der Waals surface area contributed by atoms with E-state index < -0.39 is 6.10 Å². The van der Waals surface area contributed by atoms with Crippen molar-refractivity contribution in [3.05, 3.63) is 45.9 Å². The number of rotatable bonds is 2. The quantitative estimate of drug-likeness (QED) is 0.767. The fraction of sp³-hybridized carbons (Fsp3) is 0.231. The second-order valence-corrected chi connectivity index (χ2v) is 3.82. The van der Waals surface area contributed by atoms with Gasteiger partial charge in [-0.1, -0.05) is 19.1 Å². The number of nitriles is 1. The number of aromatic amines is 1. The monoisotopic (exact) mass is 228 g/mol. The number of hydrogen-bond acceptors (Lipinski definition) is 3. The van der Waals surface area contributed by atoms with Crippen molar-refractivity contribution in [3.63, 3.8) is 0 Å². The molecule has 86 valence electrons. The van der Waals surface area contributed by atoms with Crippen molar-refractivity contribution < 1.29 is 5.11 Å². The average Bonchev–Trinajstić information content (AvgIpc) is 2.37. The van der Waals surface area contributed by atoms with Gasteiger partial charge in [-0.25, -0.2) is 0 Å². The van der Waals surface area contributed by atoms with Gasteiger partial charge in [-0.2, -0.15) is 5.26 Å². The Kier molecular flexibility index (Phi) is 2.94. The van der Waals surface area contributed by atoms with Crippen molar-refractivity contribution >= 4 is 10.8 Å². The van der Waals surface area contributed by atoms with Crippen molar-refractivity contribution in [1.82, 2.24) is 4.98 Å². The van der Waals surface area contributed by atoms with E-state index in [1.165, 1.54) is 0 Å². The molecule has 0 saturated carbocycles. The van der Waals surface area contributed by atoms with Crippen LogP contribution in [0.25, 0.3) is 10.8 Å². The Morgan fingerprint density at radius 1 is 1.47 bits per heavy atom. The smallest absolute Gasteiger partial charge is 0.256 e. The maximum Gasteiger partial charge on any atom is 0.256 e. The van der Waals surface area contributed by atoms with E-state index in [1.807, 2.05) is 19.1 Å². The summed E-state index contributed by atoms with van der Waals surface area (Å²) in [5, 5.41) is 19.5. The Balaban J connectivity index is 2.80. The molecule has 2 rings (SSSR count). The van der Waals surface area contributed by atoms with Gasteiger partial charge in [-0.05, 0) is 29.5 Å². The number of benzene rings is 1. The van der Waals surface area contributed by atoms with Crippen LogP contribution in [0.1, 0.15) is 24.3 Å². The second-order valence-electron chi connectivity index (χ2n) is 3.82. The SMILES string of the molecule is CCc1cccc2c(=O)[nH]c(C(O)C#N)cc12. The largest absolute Gasteiger partial charge is 0.373 e. The summed E-state index contributed by atoms with van der Waals surface area (Å²) in [6.07, 6.45) is -0.500. The van der Waals surface area contributed by atoms with Gasteiger partial charge in [0, 0.05) is 5.39 Å². The van der Waals surface area contributed by atoms with Gasteiger partial charge in [-0.3, -0.25) is 4.79 Å². The van der Waals surface area contributed by atoms with Crippen LogP contribution in [-0.2, 0) is 6.42 Å². The molecule has 0 fully saturated rings. The van der Waals surface area contributed by atoms with Gasteiger partial charge in [0.15, 0.2) is 6.10 Å². The molecule has 1 aromatic carbocycles. The summed E-state index contributed by atoms with van der Waals surface area (Å²) >= 11 is 0. The molecule has 0 saturated heterocycles. The Labute approximate surface area is 98.1 Å². The highest BCUT2D eigenvalue weighted by Gasteiger charge is 2.10. The minimum absolute atomic E-state index is 0.242. The third-order valence-electron chi connectivity index (χ3n) is 2.80. The predicted octanol–water partition coefficient (Wildman–Crippen LogP) is 1.65. The predicted molar refractivity (Wildman–Crippen MR) is 64.5 cm³/mol. The number of nitrogens with zero attached hydrogens (tertiary/aromatic N) is 1. The van der Waals surface area contributed by atoms with E-state index in [1.54, 1.807) is 18.2 Å². The number of aryl methyl sites for hydroxylation is 1. The number of aromatic nitrogens is 1. The number of fused-ring (bicyclic) bond motifs is 1. The van der Waals surface area contributed by atoms with E-state index in [0.717, 1.165) is 17.4 Å². The van der Waals surface area contributed by atoms with Crippen LogP contribution in [0.3, 0.4) is 0 Å². The molecule has 17 heavy (non-hydrogen) atoms. The van der Waals surface area contributed by atoms with E-state index in [2.05, 4.69) is 4.98 Å². The Morgan fingerprint density at radius 3 is 2.88 bits per heavy atom. The minimum Gasteiger partial charge on any atom is -0.373 e. The Bertz CT molecular complexity index is 652. The summed E-state index contributed by atoms with van der Waals surface area (Å²) in [5.41, 5.74) is 0.994. The zero-order valence-electron chi connectivity index (χ0n) is 9.40. The molecule has 1 aromatic heterocycles. The summed E-state index contributed by atoms with van der Waals surface area (Å²) in [7, 11) is 0. The number of aliphatic hydroxyl groups excluding tert-OH is 1. The molecular formula is C13H12N2O2. The van der Waals surface area contributed by atoms with Crippen LogP contribution < -0.4 is 5.56 Å². The number of hydrogen-bond donors (Lipinski definition) is 2. The normalized spacial score (nSPS) is 12.3. The van der Waals surface area contributed by atoms with Crippen molar-refractivity contribution in [2.45, 2.75) is 19.4 Å². The molecule has 4 heteroatoms. The molecule has 1 heterocycles. The lowest BCUT2D eigenvalue weighted by Gasteiger charge is -2.07. The third-order valence-corrected chi connectivity index (χ3v) is 2.80. The fourth-order valence-electron chi connectivity index (χ4n) is 1.90. The summed E-state index contributed by atoms with van der Waals surface area (Å²) in [4.78, 5) is 14.3. The standard InChI is InChI=1S/C13H12N2O2/c1-2-8-4-3-5-9-10(8)6-11(12(16)7-14)15-13(9)17/h3-6,12,16H,2H2,1H3,(H,15,17). The lowest BCUT2D eigenvalue weighted by Crippen LogP contribution is -2.12. The molecule has 0 spiro atoms. The van der Waals surface area contributed by atoms with Crippen molar-refractivity contribution in [2.75, 3.05) is 0 Å². The van der Waals surface area contributed by atoms with E-state index in [-0.39, 0.29) is 11.3 Å². The number of aliphatic hydroxyl groups is 1. The van der Waals surface area contributed by atoms with Crippen LogP contribution in [0.5, 0.6) is 0 Å². The number of pyridine rings is 1. The molecule has 0 aliphatic carbocycles. The number of H-pyrrole nitrogens is 1. The lowest BCUT2D eigenvalue weighted by atomic mass is 10.0. The number of nitrogens with one attached hydrogen (secondary N) is 1. The molecule has 0 aliphatic rings. The first-order chi connectivity index (χ1) is 8.17. The summed E-state index contributed by atoms with van der Waals surface area (Å²) in [6, 6.07) is 8.86. The highest BCUT2D eigenvalue weighted by molar-refractivity contribution is 5.85. The van der Waals surface area contributed by atoms with Crippen LogP contribution in [0, 0.1) is 11.3 Å². The minimum atomic E-state index is -1.29. The van der Waals surface area contributed by atoms with Crippen molar-refractivity contribution in [2.24, 2.45) is 0 Å². The van der Waals surface area contributed by atoms with Gasteiger partial charge in [0.1, 0.15) is 6.07 Å². The second kappa shape index (κ2) is 4.40. The third kappa shape index (κ3) is 1.93. The fourth-order valence-corrected chi connectivity index (χ4v) is 1.90. The molecule has 0 bridgehead atoms. The molecule has 2 aromatic rings. The Hall–Kier alpha value is -2.12. The van der Waals surface area contributed by atoms with Crippen molar-refractivity contribution in [1.29, 1.82) is 5.26 Å². The van der Waals surface area contributed by atoms with Crippen molar-refractivity contribution in [3.8, 4) is 6.07 Å². The zero-order valence-corrected chi connectivity index (χ0v) is 9.40. The first-order valence-corrected chi connectivity index (χ1v) is 5.40. The molecule has 4 nitrogen and oxygen atoms in total. The zero-order chi connectivity index (χ0) is 12.4. The van der Waals surface area contributed by atoms with E-state index in [9.17, 15) is 9.90 Å². The molecule has 1 unspecified atom stereocenters. The maximum atomic E-state index is 11.8. The molecule has 0 amide bonds. The molecule has 2 N–H and O–H groups in total. The summed E-state index contributed by atoms with van der Waals surface area (Å²) in [6.45, 7) is 2.00. The van der Waals surface area contributed by atoms with E-state index in [4.69, 9.17) is 5.26 Å². The van der Waals surface area contributed by atoms with Crippen LogP contribution in [0.2, 0.25) is 0 Å². The Morgan fingerprint density at radius 2 is 2.24 bits per heavy atom. The van der Waals surface area contributed by atoms with Gasteiger partial charge in [-0.15, -0.1) is 0 Å². The summed E-state index contributed by atoms with van der Waals surface area (Å²) < 4.78 is 0. The van der Waals surface area contributed by atoms with Gasteiger partial charge in [0.25, 0.3) is 5.56 Å². The van der Waals surface area contributed by atoms with Crippen LogP contribution >= 0.6 is 0 Å². The highest BCUT2D eigenvalue weighted by Crippen LogP contribution is 2.19. The first kappa shape index (κ1) is 11.4. The van der Waals surface area contributed by atoms with Gasteiger partial charge in [0.2, 0.25) is 0 Å². The molecule has 0 aliphatic heterocycles. The summed E-state index contributed by atoms with van der Waals surface area (Å²) in [5.74, 6) is 0. The van der Waals surface area contributed by atoms with E-state index in [0.29, 0.717) is 5.39 Å². The highest BCUT2D eigenvalue weighted by atomic mass is 16.3. The van der Waals surface area contributed by atoms with Gasteiger partial charge in [0.05, 0.1) is 5.69 Å². The maximum absolute atomic E-state index is 11.8. The molecule has 0 radical (unpaired) electrons. The van der Waals surface area contributed by atoms with Crippen LogP contribution in [0.15, 0.2) is 29.1 Å². The topological polar surface area (TPSA) is 76.9 Å². The van der Waals surface area contributed by atoms with Crippen LogP contribution in [-0.4, -0.2) is 10.1 Å². The molecule has 1 atom stereocenters. The van der Waals surface area contributed by atoms with Crippen LogP contribution in [0.4, 0.5) is 0 Å². The molecular weight excluding hydrogens is 216 g/mol. The van der Waals surface area contributed by atoms with Gasteiger partial charge < -0.3 is 10.1 Å².